The number of ether oxygens (including phenoxy) is 2. The van der Waals surface area contributed by atoms with Gasteiger partial charge in [-0.2, -0.15) is 0 Å². The molecule has 0 aromatic heterocycles. The van der Waals surface area contributed by atoms with E-state index >= 15 is 0 Å². The van der Waals surface area contributed by atoms with Gasteiger partial charge in [-0.05, 0) is 30.7 Å². The standard InChI is InChI=1S/C22H33N3O6/c1-15(2)13-18(20(27)25-17-10-12-30-21(17)28)24-19(26)9-6-11-23-22(29)31-14-16-7-4-3-5-8-16/h3-5,7-8,15,17-18,21,28H,6,9-14H2,1-2H3,(H,23,29)(H,24,26)(H,25,27)/t17-,18-,21?/m0/s1. The van der Waals surface area contributed by atoms with Crippen LogP contribution in [0, 0.1) is 5.92 Å². The Morgan fingerprint density at radius 3 is 2.61 bits per heavy atom. The smallest absolute Gasteiger partial charge is 0.407 e. The van der Waals surface area contributed by atoms with E-state index in [1.807, 2.05) is 44.2 Å². The Morgan fingerprint density at radius 1 is 1.23 bits per heavy atom. The molecule has 3 amide bonds. The molecule has 1 fully saturated rings. The van der Waals surface area contributed by atoms with E-state index in [0.717, 1.165) is 5.56 Å². The van der Waals surface area contributed by atoms with Crippen molar-refractivity contribution in [3.63, 3.8) is 0 Å². The number of benzene rings is 1. The van der Waals surface area contributed by atoms with E-state index in [-0.39, 0.29) is 37.3 Å². The Hall–Kier alpha value is -2.65. The molecule has 2 rings (SSSR count). The summed E-state index contributed by atoms with van der Waals surface area (Å²) in [5.74, 6) is -0.412. The third kappa shape index (κ3) is 9.35. The summed E-state index contributed by atoms with van der Waals surface area (Å²) in [4.78, 5) is 36.6. The molecular formula is C22H33N3O6. The number of aliphatic hydroxyl groups excluding tert-OH is 1. The van der Waals surface area contributed by atoms with E-state index in [9.17, 15) is 19.5 Å². The first-order valence-corrected chi connectivity index (χ1v) is 10.7. The molecule has 0 aliphatic carbocycles. The number of amides is 3. The van der Waals surface area contributed by atoms with Crippen molar-refractivity contribution in [2.24, 2.45) is 5.92 Å². The molecule has 1 unspecified atom stereocenters. The second-order valence-corrected chi connectivity index (χ2v) is 8.01. The van der Waals surface area contributed by atoms with Crippen molar-refractivity contribution in [2.45, 2.75) is 64.5 Å². The van der Waals surface area contributed by atoms with Crippen LogP contribution in [0.25, 0.3) is 0 Å². The van der Waals surface area contributed by atoms with Crippen LogP contribution in [-0.4, -0.2) is 54.5 Å². The molecule has 0 spiro atoms. The maximum absolute atomic E-state index is 12.6. The number of nitrogens with one attached hydrogen (secondary N) is 3. The highest BCUT2D eigenvalue weighted by atomic mass is 16.6. The van der Waals surface area contributed by atoms with Gasteiger partial charge in [-0.1, -0.05) is 44.2 Å². The van der Waals surface area contributed by atoms with Crippen LogP contribution < -0.4 is 16.0 Å². The van der Waals surface area contributed by atoms with Crippen LogP contribution in [0.1, 0.15) is 45.1 Å². The lowest BCUT2D eigenvalue weighted by molar-refractivity contribution is -0.131. The van der Waals surface area contributed by atoms with Crippen molar-refractivity contribution in [3.05, 3.63) is 35.9 Å². The van der Waals surface area contributed by atoms with Crippen LogP contribution >= 0.6 is 0 Å². The summed E-state index contributed by atoms with van der Waals surface area (Å²) >= 11 is 0. The number of rotatable bonds is 11. The minimum absolute atomic E-state index is 0.163. The summed E-state index contributed by atoms with van der Waals surface area (Å²) in [6.45, 7) is 4.78. The Kier molecular flexibility index (Phi) is 10.3. The number of aliphatic hydroxyl groups is 1. The van der Waals surface area contributed by atoms with Gasteiger partial charge in [0.25, 0.3) is 0 Å². The third-order valence-electron chi connectivity index (χ3n) is 4.81. The molecule has 0 bridgehead atoms. The normalized spacial score (nSPS) is 19.0. The zero-order chi connectivity index (χ0) is 22.6. The molecule has 4 N–H and O–H groups in total. The number of hydrogen-bond donors (Lipinski definition) is 4. The number of alkyl carbamates (subject to hydrolysis) is 1. The first kappa shape index (κ1) is 24.6. The molecule has 1 aliphatic rings. The number of carbonyl (C=O) groups excluding carboxylic acids is 3. The van der Waals surface area contributed by atoms with Crippen molar-refractivity contribution >= 4 is 17.9 Å². The summed E-state index contributed by atoms with van der Waals surface area (Å²) in [7, 11) is 0. The average molecular weight is 436 g/mol. The Morgan fingerprint density at radius 2 is 1.97 bits per heavy atom. The van der Waals surface area contributed by atoms with Crippen LogP contribution in [0.4, 0.5) is 4.79 Å². The van der Waals surface area contributed by atoms with Crippen molar-refractivity contribution in [3.8, 4) is 0 Å². The fourth-order valence-electron chi connectivity index (χ4n) is 3.18. The Bertz CT molecular complexity index is 712. The van der Waals surface area contributed by atoms with Gasteiger partial charge in [0.15, 0.2) is 6.29 Å². The maximum Gasteiger partial charge on any atom is 0.407 e. The molecule has 172 valence electrons. The van der Waals surface area contributed by atoms with Gasteiger partial charge < -0.3 is 30.5 Å². The van der Waals surface area contributed by atoms with Crippen LogP contribution in [0.3, 0.4) is 0 Å². The van der Waals surface area contributed by atoms with Crippen molar-refractivity contribution in [2.75, 3.05) is 13.2 Å². The molecule has 3 atom stereocenters. The van der Waals surface area contributed by atoms with Gasteiger partial charge in [-0.15, -0.1) is 0 Å². The number of hydrogen-bond acceptors (Lipinski definition) is 6. The second kappa shape index (κ2) is 12.9. The lowest BCUT2D eigenvalue weighted by Crippen LogP contribution is -2.51. The topological polar surface area (TPSA) is 126 Å². The lowest BCUT2D eigenvalue weighted by atomic mass is 10.0. The monoisotopic (exact) mass is 435 g/mol. The highest BCUT2D eigenvalue weighted by Gasteiger charge is 2.30. The van der Waals surface area contributed by atoms with Gasteiger partial charge in [-0.25, -0.2) is 4.79 Å². The second-order valence-electron chi connectivity index (χ2n) is 8.01. The molecule has 9 nitrogen and oxygen atoms in total. The molecule has 0 saturated carbocycles. The Labute approximate surface area is 182 Å². The van der Waals surface area contributed by atoms with Crippen molar-refractivity contribution in [1.82, 2.24) is 16.0 Å². The summed E-state index contributed by atoms with van der Waals surface area (Å²) in [5.41, 5.74) is 0.892. The average Bonchev–Trinajstić information content (AvgIpc) is 3.14. The zero-order valence-electron chi connectivity index (χ0n) is 18.1. The summed E-state index contributed by atoms with van der Waals surface area (Å²) in [5, 5.41) is 17.8. The van der Waals surface area contributed by atoms with Gasteiger partial charge in [0.2, 0.25) is 11.8 Å². The molecule has 1 heterocycles. The van der Waals surface area contributed by atoms with E-state index < -0.39 is 24.5 Å². The molecule has 31 heavy (non-hydrogen) atoms. The SMILES string of the molecule is CC(C)C[C@H](NC(=O)CCCNC(=O)OCc1ccccc1)C(=O)N[C@H]1CCOC1O. The van der Waals surface area contributed by atoms with E-state index in [1.165, 1.54) is 0 Å². The minimum Gasteiger partial charge on any atom is -0.445 e. The van der Waals surface area contributed by atoms with E-state index in [0.29, 0.717) is 25.9 Å². The fourth-order valence-corrected chi connectivity index (χ4v) is 3.18. The van der Waals surface area contributed by atoms with Gasteiger partial charge >= 0.3 is 6.09 Å². The van der Waals surface area contributed by atoms with Gasteiger partial charge in [0.05, 0.1) is 12.6 Å². The van der Waals surface area contributed by atoms with Crippen molar-refractivity contribution in [1.29, 1.82) is 0 Å². The van der Waals surface area contributed by atoms with Crippen LogP contribution in [-0.2, 0) is 25.7 Å². The minimum atomic E-state index is -1.02. The summed E-state index contributed by atoms with van der Waals surface area (Å²) in [6.07, 6.45) is 0.0193. The third-order valence-corrected chi connectivity index (χ3v) is 4.81. The largest absolute Gasteiger partial charge is 0.445 e. The quantitative estimate of drug-likeness (QED) is 0.390. The molecule has 1 aromatic rings. The van der Waals surface area contributed by atoms with Crippen LogP contribution in [0.2, 0.25) is 0 Å². The predicted molar refractivity (Wildman–Crippen MR) is 114 cm³/mol. The summed E-state index contributed by atoms with van der Waals surface area (Å²) < 4.78 is 10.2. The summed E-state index contributed by atoms with van der Waals surface area (Å²) in [6, 6.07) is 8.19. The molecular weight excluding hydrogens is 402 g/mol. The van der Waals surface area contributed by atoms with Gasteiger partial charge in [0, 0.05) is 13.0 Å². The lowest BCUT2D eigenvalue weighted by Gasteiger charge is -2.23. The number of carbonyl (C=O) groups is 3. The molecule has 1 saturated heterocycles. The highest BCUT2D eigenvalue weighted by Crippen LogP contribution is 2.12. The van der Waals surface area contributed by atoms with E-state index in [1.54, 1.807) is 0 Å². The van der Waals surface area contributed by atoms with Gasteiger partial charge in [-0.3, -0.25) is 9.59 Å². The predicted octanol–water partition coefficient (Wildman–Crippen LogP) is 1.45. The van der Waals surface area contributed by atoms with E-state index in [2.05, 4.69) is 16.0 Å². The van der Waals surface area contributed by atoms with E-state index in [4.69, 9.17) is 9.47 Å². The first-order chi connectivity index (χ1) is 14.8. The Balaban J connectivity index is 1.67. The highest BCUT2D eigenvalue weighted by molar-refractivity contribution is 5.87. The van der Waals surface area contributed by atoms with Crippen molar-refractivity contribution < 1.29 is 29.0 Å². The molecule has 9 heteroatoms. The maximum atomic E-state index is 12.6. The first-order valence-electron chi connectivity index (χ1n) is 10.7. The molecule has 1 aromatic carbocycles. The molecule has 1 aliphatic heterocycles. The van der Waals surface area contributed by atoms with Crippen LogP contribution in [0.15, 0.2) is 30.3 Å². The fraction of sp³-hybridized carbons (Fsp3) is 0.591. The zero-order valence-corrected chi connectivity index (χ0v) is 18.1. The van der Waals surface area contributed by atoms with Gasteiger partial charge in [0.1, 0.15) is 12.6 Å². The molecule has 0 radical (unpaired) electrons. The van der Waals surface area contributed by atoms with Crippen LogP contribution in [0.5, 0.6) is 0 Å².